The van der Waals surface area contributed by atoms with Crippen LogP contribution in [0.1, 0.15) is 6.42 Å². The van der Waals surface area contributed by atoms with E-state index in [4.69, 9.17) is 0 Å². The summed E-state index contributed by atoms with van der Waals surface area (Å²) in [6, 6.07) is 0. The molecule has 1 rings (SSSR count). The molecule has 8 heteroatoms. The molecule has 0 aromatic carbocycles. The number of halogens is 6. The van der Waals surface area contributed by atoms with Gasteiger partial charge in [-0.25, -0.2) is 4.39 Å². The number of rotatable bonds is 1. The molecule has 0 unspecified atom stereocenters. The lowest BCUT2D eigenvalue weighted by Crippen LogP contribution is -2.18. The highest BCUT2D eigenvalue weighted by atomic mass is 19.4. The third-order valence-corrected chi connectivity index (χ3v) is 1.03. The van der Waals surface area contributed by atoms with Gasteiger partial charge in [0.05, 0.1) is 0 Å². The SMILES string of the molecule is FC1=C(OC(F)(F)F)OC(F)(F)C1. The van der Waals surface area contributed by atoms with Crippen LogP contribution in [-0.2, 0) is 9.47 Å². The van der Waals surface area contributed by atoms with Gasteiger partial charge in [0, 0.05) is 0 Å². The van der Waals surface area contributed by atoms with Crippen molar-refractivity contribution in [3.05, 3.63) is 11.8 Å². The number of hydrogen-bond acceptors (Lipinski definition) is 2. The average Bonchev–Trinajstić information content (AvgIpc) is 2.00. The molecule has 0 bridgehead atoms. The maximum absolute atomic E-state index is 12.3. The van der Waals surface area contributed by atoms with Gasteiger partial charge in [0.15, 0.2) is 5.83 Å². The molecule has 0 atom stereocenters. The van der Waals surface area contributed by atoms with Crippen molar-refractivity contribution in [2.75, 3.05) is 0 Å². The van der Waals surface area contributed by atoms with E-state index in [-0.39, 0.29) is 0 Å². The van der Waals surface area contributed by atoms with Crippen molar-refractivity contribution in [2.45, 2.75) is 18.9 Å². The highest BCUT2D eigenvalue weighted by molar-refractivity contribution is 5.02. The predicted molar refractivity (Wildman–Crippen MR) is 25.9 cm³/mol. The normalized spacial score (nSPS) is 21.7. The molecule has 0 aromatic rings. The van der Waals surface area contributed by atoms with Crippen molar-refractivity contribution in [1.82, 2.24) is 0 Å². The first kappa shape index (κ1) is 10.0. The minimum Gasteiger partial charge on any atom is -0.398 e. The summed E-state index contributed by atoms with van der Waals surface area (Å²) in [5.41, 5.74) is 0. The first-order chi connectivity index (χ1) is 5.70. The summed E-state index contributed by atoms with van der Waals surface area (Å²) >= 11 is 0. The van der Waals surface area contributed by atoms with Crippen molar-refractivity contribution in [3.8, 4) is 0 Å². The molecule has 13 heavy (non-hydrogen) atoms. The molecule has 0 radical (unpaired) electrons. The van der Waals surface area contributed by atoms with Crippen LogP contribution >= 0.6 is 0 Å². The van der Waals surface area contributed by atoms with E-state index < -0.39 is 30.7 Å². The Morgan fingerprint density at radius 2 is 1.85 bits per heavy atom. The fourth-order valence-electron chi connectivity index (χ4n) is 0.661. The molecular formula is C5H2F6O2. The summed E-state index contributed by atoms with van der Waals surface area (Å²) < 4.78 is 76.7. The fourth-order valence-corrected chi connectivity index (χ4v) is 0.661. The second-order valence-corrected chi connectivity index (χ2v) is 2.16. The van der Waals surface area contributed by atoms with Gasteiger partial charge in [0.1, 0.15) is 6.42 Å². The second kappa shape index (κ2) is 2.71. The van der Waals surface area contributed by atoms with Crippen LogP contribution in [0.5, 0.6) is 0 Å². The Labute approximate surface area is 67.7 Å². The molecule has 0 aliphatic carbocycles. The third kappa shape index (κ3) is 2.71. The first-order valence-corrected chi connectivity index (χ1v) is 2.91. The van der Waals surface area contributed by atoms with Gasteiger partial charge >= 0.3 is 18.4 Å². The summed E-state index contributed by atoms with van der Waals surface area (Å²) in [6.45, 7) is 0. The summed E-state index contributed by atoms with van der Waals surface area (Å²) in [7, 11) is 0. The monoisotopic (exact) mass is 208 g/mol. The van der Waals surface area contributed by atoms with Crippen molar-refractivity contribution in [2.24, 2.45) is 0 Å². The summed E-state index contributed by atoms with van der Waals surface area (Å²) in [6.07, 6.45) is -10.8. The van der Waals surface area contributed by atoms with Crippen LogP contribution in [0, 0.1) is 0 Å². The van der Waals surface area contributed by atoms with Crippen molar-refractivity contribution >= 4 is 0 Å². The molecule has 76 valence electrons. The Bertz CT molecular complexity index is 242. The maximum Gasteiger partial charge on any atom is 0.575 e. The summed E-state index contributed by atoms with van der Waals surface area (Å²) in [5, 5.41) is 0. The highest BCUT2D eigenvalue weighted by Crippen LogP contribution is 2.39. The van der Waals surface area contributed by atoms with Crippen LogP contribution in [0.3, 0.4) is 0 Å². The smallest absolute Gasteiger partial charge is 0.398 e. The molecule has 0 saturated carbocycles. The topological polar surface area (TPSA) is 18.5 Å². The molecule has 1 aliphatic heterocycles. The number of hydrogen-bond donors (Lipinski definition) is 0. The summed E-state index contributed by atoms with van der Waals surface area (Å²) in [4.78, 5) is 0. The Balaban J connectivity index is 2.67. The van der Waals surface area contributed by atoms with Crippen LogP contribution in [0.2, 0.25) is 0 Å². The molecule has 0 spiro atoms. The lowest BCUT2D eigenvalue weighted by atomic mass is 10.4. The highest BCUT2D eigenvalue weighted by Gasteiger charge is 2.47. The summed E-state index contributed by atoms with van der Waals surface area (Å²) in [5.74, 6) is -3.58. The van der Waals surface area contributed by atoms with E-state index in [0.29, 0.717) is 0 Å². The molecule has 2 nitrogen and oxygen atoms in total. The standard InChI is InChI=1S/C5H2F6O2/c6-2-1-4(7,8)12-3(2)13-5(9,10)11/h1H2. The van der Waals surface area contributed by atoms with E-state index in [1.807, 2.05) is 0 Å². The average molecular weight is 208 g/mol. The minimum atomic E-state index is -5.24. The van der Waals surface area contributed by atoms with Crippen LogP contribution in [0.15, 0.2) is 11.8 Å². The Morgan fingerprint density at radius 1 is 1.31 bits per heavy atom. The maximum atomic E-state index is 12.3. The van der Waals surface area contributed by atoms with E-state index in [9.17, 15) is 26.3 Å². The largest absolute Gasteiger partial charge is 0.575 e. The quantitative estimate of drug-likeness (QED) is 0.616. The van der Waals surface area contributed by atoms with Crippen molar-refractivity contribution < 1.29 is 35.8 Å². The minimum absolute atomic E-state index is 1.54. The van der Waals surface area contributed by atoms with Crippen molar-refractivity contribution in [3.63, 3.8) is 0 Å². The zero-order chi connectivity index (χ0) is 10.3. The van der Waals surface area contributed by atoms with Crippen LogP contribution in [-0.4, -0.2) is 12.5 Å². The van der Waals surface area contributed by atoms with Gasteiger partial charge in [-0.2, -0.15) is 8.78 Å². The van der Waals surface area contributed by atoms with Crippen LogP contribution in [0.4, 0.5) is 26.3 Å². The van der Waals surface area contributed by atoms with Gasteiger partial charge in [-0.05, 0) is 0 Å². The fraction of sp³-hybridized carbons (Fsp3) is 0.600. The lowest BCUT2D eigenvalue weighted by molar-refractivity contribution is -0.338. The van der Waals surface area contributed by atoms with Gasteiger partial charge in [-0.3, -0.25) is 0 Å². The molecule has 0 saturated heterocycles. The van der Waals surface area contributed by atoms with Gasteiger partial charge in [0.25, 0.3) is 0 Å². The third-order valence-electron chi connectivity index (χ3n) is 1.03. The van der Waals surface area contributed by atoms with E-state index >= 15 is 0 Å². The van der Waals surface area contributed by atoms with Crippen LogP contribution < -0.4 is 0 Å². The zero-order valence-electron chi connectivity index (χ0n) is 5.79. The first-order valence-electron chi connectivity index (χ1n) is 2.91. The number of ether oxygens (including phenoxy) is 2. The van der Waals surface area contributed by atoms with Crippen molar-refractivity contribution in [1.29, 1.82) is 0 Å². The Morgan fingerprint density at radius 3 is 2.15 bits per heavy atom. The van der Waals surface area contributed by atoms with Gasteiger partial charge in [-0.15, -0.1) is 13.2 Å². The molecule has 0 N–H and O–H groups in total. The molecule has 1 heterocycles. The van der Waals surface area contributed by atoms with Crippen LogP contribution in [0.25, 0.3) is 0 Å². The molecule has 1 aliphatic rings. The zero-order valence-corrected chi connectivity index (χ0v) is 5.79. The molecule has 0 aromatic heterocycles. The van der Waals surface area contributed by atoms with E-state index in [2.05, 4.69) is 9.47 Å². The van der Waals surface area contributed by atoms with Gasteiger partial charge < -0.3 is 9.47 Å². The van der Waals surface area contributed by atoms with E-state index in [0.717, 1.165) is 0 Å². The Hall–Kier alpha value is -1.08. The second-order valence-electron chi connectivity index (χ2n) is 2.16. The van der Waals surface area contributed by atoms with Gasteiger partial charge in [0.2, 0.25) is 0 Å². The van der Waals surface area contributed by atoms with Gasteiger partial charge in [-0.1, -0.05) is 0 Å². The molecule has 0 amide bonds. The van der Waals surface area contributed by atoms with E-state index in [1.165, 1.54) is 0 Å². The number of alkyl halides is 5. The predicted octanol–water partition coefficient (Wildman–Crippen LogP) is 2.67. The molecular weight excluding hydrogens is 206 g/mol. The molecule has 0 fully saturated rings. The Kier molecular flexibility index (Phi) is 2.08. The lowest BCUT2D eigenvalue weighted by Gasteiger charge is -2.12. The van der Waals surface area contributed by atoms with E-state index in [1.54, 1.807) is 0 Å².